The molecular formula is C31H33N3O5. The third kappa shape index (κ3) is 3.62. The molecule has 2 aromatic carbocycles. The zero-order valence-electron chi connectivity index (χ0n) is 22.4. The molecule has 1 N–H and O–H groups in total. The summed E-state index contributed by atoms with van der Waals surface area (Å²) >= 11 is 0. The van der Waals surface area contributed by atoms with Crippen LogP contribution in [0.5, 0.6) is 0 Å². The highest BCUT2D eigenvalue weighted by molar-refractivity contribution is 6.08. The van der Waals surface area contributed by atoms with Crippen LogP contribution < -0.4 is 9.80 Å². The van der Waals surface area contributed by atoms with Crippen LogP contribution in [-0.2, 0) is 19.1 Å². The van der Waals surface area contributed by atoms with Gasteiger partial charge in [0.1, 0.15) is 11.6 Å². The maximum Gasteiger partial charge on any atom is 0.253 e. The third-order valence-electron chi connectivity index (χ3n) is 8.68. The van der Waals surface area contributed by atoms with Gasteiger partial charge in [0.15, 0.2) is 0 Å². The molecular weight excluding hydrogens is 494 g/mol. The maximum absolute atomic E-state index is 14.5. The van der Waals surface area contributed by atoms with Crippen molar-refractivity contribution in [2.75, 3.05) is 36.0 Å². The molecule has 4 aliphatic rings. The summed E-state index contributed by atoms with van der Waals surface area (Å²) < 4.78 is 6.83. The molecule has 2 fully saturated rings. The number of para-hydroxylation sites is 2. The van der Waals surface area contributed by atoms with E-state index in [-0.39, 0.29) is 30.9 Å². The van der Waals surface area contributed by atoms with E-state index in [1.165, 1.54) is 4.90 Å². The van der Waals surface area contributed by atoms with E-state index < -0.39 is 29.1 Å². The van der Waals surface area contributed by atoms with Crippen molar-refractivity contribution >= 4 is 29.1 Å². The lowest BCUT2D eigenvalue weighted by Crippen LogP contribution is -2.56. The highest BCUT2D eigenvalue weighted by Crippen LogP contribution is 2.57. The van der Waals surface area contributed by atoms with Crippen LogP contribution in [-0.4, -0.2) is 71.2 Å². The van der Waals surface area contributed by atoms with Crippen LogP contribution in [0.15, 0.2) is 72.8 Å². The number of fused-ring (bicyclic) bond motifs is 2. The average molecular weight is 528 g/mol. The first kappa shape index (κ1) is 25.5. The molecule has 6 rings (SSSR count). The Labute approximate surface area is 228 Å². The Morgan fingerprint density at radius 3 is 2.21 bits per heavy atom. The maximum atomic E-state index is 14.5. The number of hydrogen-bond donors (Lipinski definition) is 1. The Morgan fingerprint density at radius 2 is 1.51 bits per heavy atom. The Bertz CT molecular complexity index is 1380. The van der Waals surface area contributed by atoms with Crippen molar-refractivity contribution in [3.63, 3.8) is 0 Å². The zero-order chi connectivity index (χ0) is 27.5. The lowest BCUT2D eigenvalue weighted by molar-refractivity contribution is -0.144. The fourth-order valence-corrected chi connectivity index (χ4v) is 7.14. The topological polar surface area (TPSA) is 90.4 Å². The van der Waals surface area contributed by atoms with Gasteiger partial charge in [-0.25, -0.2) is 0 Å². The summed E-state index contributed by atoms with van der Waals surface area (Å²) in [6, 6.07) is 14.2. The minimum absolute atomic E-state index is 0.0266. The number of benzene rings is 2. The largest absolute Gasteiger partial charge is 0.395 e. The van der Waals surface area contributed by atoms with Crippen LogP contribution in [0, 0.1) is 25.7 Å². The van der Waals surface area contributed by atoms with Crippen LogP contribution in [0.3, 0.4) is 0 Å². The number of aryl methyl sites for hydroxylation is 2. The number of aliphatic hydroxyl groups excluding tert-OH is 1. The smallest absolute Gasteiger partial charge is 0.253 e. The number of amides is 3. The molecule has 1 spiro atoms. The molecule has 2 aromatic rings. The fraction of sp³-hybridized carbons (Fsp3) is 0.387. The number of carbonyl (C=O) groups is 3. The number of carbonyl (C=O) groups excluding carboxylic acids is 3. The Kier molecular flexibility index (Phi) is 6.00. The quantitative estimate of drug-likeness (QED) is 0.618. The lowest BCUT2D eigenvalue weighted by atomic mass is 9.74. The van der Waals surface area contributed by atoms with Crippen LogP contribution in [0.1, 0.15) is 18.1 Å². The number of aliphatic hydroxyl groups is 1. The Hall–Kier alpha value is -3.75. The van der Waals surface area contributed by atoms with Crippen LogP contribution in [0.2, 0.25) is 0 Å². The van der Waals surface area contributed by atoms with Crippen LogP contribution in [0.4, 0.5) is 11.4 Å². The molecule has 0 radical (unpaired) electrons. The first-order chi connectivity index (χ1) is 18.7. The van der Waals surface area contributed by atoms with Gasteiger partial charge in [0.2, 0.25) is 11.8 Å². The van der Waals surface area contributed by atoms with Crippen molar-refractivity contribution in [3.05, 3.63) is 84.0 Å². The highest BCUT2D eigenvalue weighted by atomic mass is 16.5. The number of hydrogen-bond acceptors (Lipinski definition) is 5. The van der Waals surface area contributed by atoms with Crippen LogP contribution >= 0.6 is 0 Å². The van der Waals surface area contributed by atoms with Gasteiger partial charge in [0.05, 0.1) is 24.0 Å². The molecule has 8 nitrogen and oxygen atoms in total. The summed E-state index contributed by atoms with van der Waals surface area (Å²) in [5.41, 5.74) is 0.983. The van der Waals surface area contributed by atoms with Crippen molar-refractivity contribution in [2.24, 2.45) is 11.8 Å². The number of β-amino-alcohol motifs (C(OH)–C–C–N with tert-alkyl or cyclic N) is 1. The normalized spacial score (nSPS) is 31.7. The predicted molar refractivity (Wildman–Crippen MR) is 147 cm³/mol. The second kappa shape index (κ2) is 9.17. The van der Waals surface area contributed by atoms with Gasteiger partial charge in [-0.3, -0.25) is 14.4 Å². The molecule has 0 aliphatic carbocycles. The summed E-state index contributed by atoms with van der Waals surface area (Å²) in [6.07, 6.45) is 7.48. The van der Waals surface area contributed by atoms with Crippen LogP contribution in [0.25, 0.3) is 0 Å². The van der Waals surface area contributed by atoms with Gasteiger partial charge in [-0.2, -0.15) is 0 Å². The second-order valence-electron chi connectivity index (χ2n) is 11.0. The lowest BCUT2D eigenvalue weighted by Gasteiger charge is -2.37. The minimum Gasteiger partial charge on any atom is -0.395 e. The molecule has 4 aliphatic heterocycles. The van der Waals surface area contributed by atoms with E-state index in [0.717, 1.165) is 22.5 Å². The summed E-state index contributed by atoms with van der Waals surface area (Å²) in [4.78, 5) is 47.7. The second-order valence-corrected chi connectivity index (χ2v) is 11.0. The van der Waals surface area contributed by atoms with Gasteiger partial charge >= 0.3 is 0 Å². The molecule has 1 unspecified atom stereocenters. The van der Waals surface area contributed by atoms with Crippen molar-refractivity contribution in [2.45, 2.75) is 38.0 Å². The number of ether oxygens (including phenoxy) is 1. The fourth-order valence-electron chi connectivity index (χ4n) is 7.14. The number of rotatable bonds is 4. The highest BCUT2D eigenvalue weighted by Gasteiger charge is 2.74. The van der Waals surface area contributed by atoms with E-state index in [0.29, 0.717) is 13.1 Å². The molecule has 2 saturated heterocycles. The summed E-state index contributed by atoms with van der Waals surface area (Å²) in [5, 5.41) is 9.93. The SMILES string of the molecule is Cc1cccc(C)c1N1CC=C[C@]23O[C@]4(C)C=CCN(c5ccccc5)C(=O)[C@@H]4[C@H]2C(=O)N(CCO)C3C1=O. The van der Waals surface area contributed by atoms with E-state index in [9.17, 15) is 19.5 Å². The predicted octanol–water partition coefficient (Wildman–Crippen LogP) is 2.77. The van der Waals surface area contributed by atoms with E-state index in [4.69, 9.17) is 4.74 Å². The monoisotopic (exact) mass is 527 g/mol. The molecule has 8 heteroatoms. The van der Waals surface area contributed by atoms with Crippen molar-refractivity contribution in [3.8, 4) is 0 Å². The Morgan fingerprint density at radius 1 is 0.846 bits per heavy atom. The number of likely N-dealkylation sites (tertiary alicyclic amines) is 1. The van der Waals surface area contributed by atoms with E-state index in [1.54, 1.807) is 9.80 Å². The van der Waals surface area contributed by atoms with Crippen molar-refractivity contribution in [1.29, 1.82) is 0 Å². The summed E-state index contributed by atoms with van der Waals surface area (Å²) in [7, 11) is 0. The minimum atomic E-state index is -1.35. The van der Waals surface area contributed by atoms with E-state index >= 15 is 0 Å². The third-order valence-corrected chi connectivity index (χ3v) is 8.68. The molecule has 0 aromatic heterocycles. The standard InChI is InChI=1S/C31H33N3O5/c1-20-10-7-11-21(2)25(20)33-17-9-15-31-24(28(37)34(18-19-35)26(31)29(33)38)23-27(36)32(22-12-5-4-6-13-22)16-8-14-30(23,3)39-31/h4-15,23-24,26,35H,16-19H2,1-3H3/t23-,24-,26?,30+,31-/m0/s1. The average Bonchev–Trinajstić information content (AvgIpc) is 3.17. The molecule has 4 heterocycles. The zero-order valence-corrected chi connectivity index (χ0v) is 22.4. The van der Waals surface area contributed by atoms with E-state index in [2.05, 4.69) is 0 Å². The molecule has 0 saturated carbocycles. The molecule has 39 heavy (non-hydrogen) atoms. The summed E-state index contributed by atoms with van der Waals surface area (Å²) in [6.45, 7) is 6.08. The van der Waals surface area contributed by atoms with Gasteiger partial charge in [-0.1, -0.05) is 60.7 Å². The summed E-state index contributed by atoms with van der Waals surface area (Å²) in [5.74, 6) is -2.61. The number of nitrogens with zero attached hydrogens (tertiary/aromatic N) is 3. The molecule has 202 valence electrons. The van der Waals surface area contributed by atoms with Gasteiger partial charge in [0.25, 0.3) is 5.91 Å². The van der Waals surface area contributed by atoms with E-state index in [1.807, 2.05) is 93.6 Å². The number of anilines is 2. The van der Waals surface area contributed by atoms with Gasteiger partial charge in [-0.15, -0.1) is 0 Å². The Balaban J connectivity index is 1.49. The van der Waals surface area contributed by atoms with Gasteiger partial charge in [0, 0.05) is 31.0 Å². The van der Waals surface area contributed by atoms with Crippen molar-refractivity contribution < 1.29 is 24.2 Å². The molecule has 3 amide bonds. The first-order valence-corrected chi connectivity index (χ1v) is 13.4. The van der Waals surface area contributed by atoms with Gasteiger partial charge in [-0.05, 0) is 44.0 Å². The molecule has 5 atom stereocenters. The van der Waals surface area contributed by atoms with Crippen molar-refractivity contribution in [1.82, 2.24) is 4.90 Å². The van der Waals surface area contributed by atoms with Gasteiger partial charge < -0.3 is 24.5 Å². The molecule has 0 bridgehead atoms. The first-order valence-electron chi connectivity index (χ1n) is 13.4.